The van der Waals surface area contributed by atoms with Crippen LogP contribution in [0, 0.1) is 0 Å². The number of carbonyl (C=O) groups is 1. The number of alkyl halides is 3. The average Bonchev–Trinajstić information content (AvgIpc) is 2.75. The third-order valence-electron chi connectivity index (χ3n) is 4.55. The first kappa shape index (κ1) is 33.2. The molecule has 0 saturated carbocycles. The number of rotatable bonds is 8. The number of benzene rings is 1. The number of carbonyl (C=O) groups excluding carboxylic acids is 1. The highest BCUT2D eigenvalue weighted by Gasteiger charge is 2.32. The summed E-state index contributed by atoms with van der Waals surface area (Å²) in [5, 5.41) is 8.05. The highest BCUT2D eigenvalue weighted by molar-refractivity contribution is 5.91. The number of amides is 2. The number of ether oxygens (including phenoxy) is 1. The molecule has 0 atom stereocenters. The Morgan fingerprint density at radius 1 is 1.10 bits per heavy atom. The first-order valence-electron chi connectivity index (χ1n) is 12.2. The van der Waals surface area contributed by atoms with E-state index in [1.54, 1.807) is 27.0 Å². The second-order valence-corrected chi connectivity index (χ2v) is 10.5. The molecule has 0 unspecified atom stereocenters. The molecule has 0 bridgehead atoms. The fraction of sp³-hybridized carbons (Fsp3) is 0.520. The number of hydrogen-bond donors (Lipinski definition) is 6. The van der Waals surface area contributed by atoms with Gasteiger partial charge in [-0.25, -0.2) is 9.78 Å². The van der Waals surface area contributed by atoms with Crippen LogP contribution in [0.5, 0.6) is 5.75 Å². The molecule has 0 aliphatic rings. The average molecular weight is 557 g/mol. The zero-order valence-corrected chi connectivity index (χ0v) is 23.1. The summed E-state index contributed by atoms with van der Waals surface area (Å²) in [4.78, 5) is 34.5. The molecule has 0 radical (unpaired) electrons. The smallest absolute Gasteiger partial charge is 0.404 e. The molecule has 218 valence electrons. The monoisotopic (exact) mass is 556 g/mol. The van der Waals surface area contributed by atoms with Crippen LogP contribution in [0.3, 0.4) is 0 Å². The van der Waals surface area contributed by atoms with Crippen LogP contribution in [-0.2, 0) is 12.0 Å². The Labute approximate surface area is 226 Å². The predicted octanol–water partition coefficient (Wildman–Crippen LogP) is 3.33. The number of halogens is 3. The molecule has 0 aliphatic carbocycles. The fourth-order valence-electron chi connectivity index (χ4n) is 2.84. The van der Waals surface area contributed by atoms with Crippen molar-refractivity contribution in [3.05, 3.63) is 52.2 Å². The van der Waals surface area contributed by atoms with Gasteiger partial charge >= 0.3 is 12.4 Å². The minimum atomic E-state index is -4.81. The second kappa shape index (κ2) is 14.4. The summed E-state index contributed by atoms with van der Waals surface area (Å²) in [6.45, 7) is 13.1. The normalized spacial score (nSPS) is 11.6. The number of anilines is 1. The summed E-state index contributed by atoms with van der Waals surface area (Å²) >= 11 is 0. The molecule has 8 N–H and O–H groups in total. The lowest BCUT2D eigenvalue weighted by molar-refractivity contribution is -0.274. The zero-order valence-electron chi connectivity index (χ0n) is 23.1. The van der Waals surface area contributed by atoms with E-state index in [1.807, 2.05) is 20.8 Å². The Bertz CT molecular complexity index is 1150. The lowest BCUT2D eigenvalue weighted by atomic mass is 9.96. The van der Waals surface area contributed by atoms with Crippen molar-refractivity contribution in [3.63, 3.8) is 0 Å². The first-order valence-corrected chi connectivity index (χ1v) is 12.2. The summed E-state index contributed by atoms with van der Waals surface area (Å²) in [6.07, 6.45) is -2.37. The van der Waals surface area contributed by atoms with Gasteiger partial charge in [-0.15, -0.1) is 13.2 Å². The summed E-state index contributed by atoms with van der Waals surface area (Å²) in [6, 6.07) is 4.72. The van der Waals surface area contributed by atoms with E-state index >= 15 is 0 Å². The Kier molecular flexibility index (Phi) is 12.2. The Balaban J connectivity index is 0.000000391. The van der Waals surface area contributed by atoms with Crippen LogP contribution in [0.2, 0.25) is 0 Å². The molecule has 0 saturated heterocycles. The molecular formula is C25H39F3N8O3. The van der Waals surface area contributed by atoms with Gasteiger partial charge in [-0.3, -0.25) is 9.79 Å². The van der Waals surface area contributed by atoms with Crippen LogP contribution >= 0.6 is 0 Å². The van der Waals surface area contributed by atoms with E-state index in [0.717, 1.165) is 19.0 Å². The minimum absolute atomic E-state index is 0.0541. The lowest BCUT2D eigenvalue weighted by Gasteiger charge is -2.21. The van der Waals surface area contributed by atoms with Gasteiger partial charge in [0.2, 0.25) is 0 Å². The fourth-order valence-corrected chi connectivity index (χ4v) is 2.84. The van der Waals surface area contributed by atoms with E-state index in [2.05, 4.69) is 35.6 Å². The van der Waals surface area contributed by atoms with E-state index < -0.39 is 23.7 Å². The third kappa shape index (κ3) is 14.6. The molecule has 14 heteroatoms. The molecule has 1 heterocycles. The molecule has 39 heavy (non-hydrogen) atoms. The second-order valence-electron chi connectivity index (χ2n) is 10.5. The number of nitrogens with two attached hydrogens (primary N) is 2. The van der Waals surface area contributed by atoms with Crippen molar-refractivity contribution in [2.24, 2.45) is 16.5 Å². The number of nitrogens with one attached hydrogen (secondary N) is 4. The standard InChI is InChI=1S/C13H24N6O.C12H15F3N2O2/c1-13(2,3)11-18-8-9(10(20)19-11)7-16-5-4-6-17-12(14)15;1-11(2,3)17-10(18)16-8-6-4-5-7-9(8)19-12(13,14)15/h8,16H,4-7H2,1-3H3,(H4,14,15,17)(H,18,19,20);4-7H,1-3H3,(H2,16,17,18). The summed E-state index contributed by atoms with van der Waals surface area (Å²) in [5.41, 5.74) is 10.3. The van der Waals surface area contributed by atoms with Gasteiger partial charge in [0.15, 0.2) is 11.7 Å². The molecule has 2 rings (SSSR count). The molecule has 1 aromatic heterocycles. The Morgan fingerprint density at radius 3 is 2.28 bits per heavy atom. The number of aromatic nitrogens is 2. The van der Waals surface area contributed by atoms with E-state index in [-0.39, 0.29) is 22.6 Å². The van der Waals surface area contributed by atoms with Crippen LogP contribution in [0.25, 0.3) is 0 Å². The van der Waals surface area contributed by atoms with Crippen molar-refractivity contribution < 1.29 is 22.7 Å². The molecule has 0 fully saturated rings. The number of urea groups is 1. The van der Waals surface area contributed by atoms with E-state index in [0.29, 0.717) is 24.5 Å². The predicted molar refractivity (Wildman–Crippen MR) is 146 cm³/mol. The number of para-hydroxylation sites is 2. The van der Waals surface area contributed by atoms with Gasteiger partial charge in [-0.05, 0) is 45.9 Å². The maximum atomic E-state index is 12.2. The van der Waals surface area contributed by atoms with Crippen molar-refractivity contribution in [2.75, 3.05) is 18.4 Å². The van der Waals surface area contributed by atoms with Gasteiger partial charge in [0.05, 0.1) is 5.69 Å². The van der Waals surface area contributed by atoms with Crippen LogP contribution in [0.4, 0.5) is 23.7 Å². The molecular weight excluding hydrogens is 517 g/mol. The number of aromatic amines is 1. The quantitative estimate of drug-likeness (QED) is 0.164. The van der Waals surface area contributed by atoms with Crippen molar-refractivity contribution in [2.45, 2.75) is 71.8 Å². The first-order chi connectivity index (χ1) is 17.9. The van der Waals surface area contributed by atoms with Gasteiger partial charge in [0, 0.05) is 35.8 Å². The van der Waals surface area contributed by atoms with Crippen LogP contribution in [0.15, 0.2) is 40.2 Å². The van der Waals surface area contributed by atoms with Gasteiger partial charge in [-0.1, -0.05) is 32.9 Å². The van der Waals surface area contributed by atoms with Gasteiger partial charge in [-0.2, -0.15) is 0 Å². The molecule has 0 aliphatic heterocycles. The zero-order chi connectivity index (χ0) is 29.9. The number of nitrogens with zero attached hydrogens (tertiary/aromatic N) is 2. The van der Waals surface area contributed by atoms with Crippen molar-refractivity contribution in [3.8, 4) is 5.75 Å². The van der Waals surface area contributed by atoms with Crippen molar-refractivity contribution in [1.29, 1.82) is 0 Å². The SMILES string of the molecule is CC(C)(C)NC(=O)Nc1ccccc1OC(F)(F)F.CC(C)(C)c1ncc(CNCCCN=C(N)N)c(=O)[nH]1. The van der Waals surface area contributed by atoms with E-state index in [4.69, 9.17) is 11.5 Å². The number of guanidine groups is 1. The van der Waals surface area contributed by atoms with E-state index in [1.165, 1.54) is 18.2 Å². The molecule has 2 amide bonds. The van der Waals surface area contributed by atoms with Crippen molar-refractivity contribution in [1.82, 2.24) is 20.6 Å². The summed E-state index contributed by atoms with van der Waals surface area (Å²) in [7, 11) is 0. The topological polar surface area (TPSA) is 173 Å². The molecule has 1 aromatic carbocycles. The van der Waals surface area contributed by atoms with Crippen molar-refractivity contribution >= 4 is 17.7 Å². The Morgan fingerprint density at radius 2 is 1.74 bits per heavy atom. The van der Waals surface area contributed by atoms with Gasteiger partial charge in [0.25, 0.3) is 5.56 Å². The van der Waals surface area contributed by atoms with Crippen LogP contribution < -0.4 is 37.7 Å². The number of aliphatic imine (C=N–C) groups is 1. The molecule has 11 nitrogen and oxygen atoms in total. The number of H-pyrrole nitrogens is 1. The van der Waals surface area contributed by atoms with Gasteiger partial charge in [0.1, 0.15) is 5.82 Å². The molecule has 0 spiro atoms. The molecule has 2 aromatic rings. The highest BCUT2D eigenvalue weighted by atomic mass is 19.4. The maximum absolute atomic E-state index is 12.2. The van der Waals surface area contributed by atoms with Crippen LogP contribution in [-0.4, -0.2) is 46.9 Å². The lowest BCUT2D eigenvalue weighted by Crippen LogP contribution is -2.43. The minimum Gasteiger partial charge on any atom is -0.404 e. The Hall–Kier alpha value is -3.81. The number of hydrogen-bond acceptors (Lipinski definition) is 6. The summed E-state index contributed by atoms with van der Waals surface area (Å²) < 4.78 is 40.4. The van der Waals surface area contributed by atoms with Crippen LogP contribution in [0.1, 0.15) is 59.4 Å². The largest absolute Gasteiger partial charge is 0.573 e. The highest BCUT2D eigenvalue weighted by Crippen LogP contribution is 2.29. The summed E-state index contributed by atoms with van der Waals surface area (Å²) in [5.74, 6) is 0.335. The van der Waals surface area contributed by atoms with Gasteiger partial charge < -0.3 is 37.1 Å². The third-order valence-corrected chi connectivity index (χ3v) is 4.55. The van der Waals surface area contributed by atoms with E-state index in [9.17, 15) is 22.8 Å². The maximum Gasteiger partial charge on any atom is 0.573 e.